The Balaban J connectivity index is 1.69. The van der Waals surface area contributed by atoms with Crippen LogP contribution in [-0.2, 0) is 11.3 Å². The summed E-state index contributed by atoms with van der Waals surface area (Å²) in [5, 5.41) is 16.2. The van der Waals surface area contributed by atoms with Gasteiger partial charge >= 0.3 is 0 Å². The lowest BCUT2D eigenvalue weighted by Gasteiger charge is -2.21. The molecule has 0 saturated carbocycles. The Morgan fingerprint density at radius 1 is 1.26 bits per heavy atom. The van der Waals surface area contributed by atoms with Gasteiger partial charge in [-0.25, -0.2) is 4.98 Å². The maximum Gasteiger partial charge on any atom is 0.270 e. The first-order chi connectivity index (χ1) is 14.7. The number of nitrogens with zero attached hydrogens (tertiary/aromatic N) is 3. The van der Waals surface area contributed by atoms with E-state index in [1.54, 1.807) is 13.8 Å². The summed E-state index contributed by atoms with van der Waals surface area (Å²) in [7, 11) is 0. The number of nitro benzene ring substituents is 1. The van der Waals surface area contributed by atoms with Gasteiger partial charge in [0.2, 0.25) is 5.91 Å². The maximum absolute atomic E-state index is 12.8. The zero-order valence-electron chi connectivity index (χ0n) is 17.3. The second-order valence-electron chi connectivity index (χ2n) is 7.46. The normalized spacial score (nSPS) is 12.0. The van der Waals surface area contributed by atoms with Gasteiger partial charge in [0.05, 0.1) is 27.7 Å². The molecule has 0 bridgehead atoms. The summed E-state index contributed by atoms with van der Waals surface area (Å²) in [6, 6.07) is 8.49. The van der Waals surface area contributed by atoms with Crippen molar-refractivity contribution in [2.24, 2.45) is 5.92 Å². The van der Waals surface area contributed by atoms with E-state index >= 15 is 0 Å². The molecule has 0 saturated heterocycles. The van der Waals surface area contributed by atoms with E-state index in [9.17, 15) is 19.7 Å². The molecule has 0 aliphatic rings. The Morgan fingerprint density at radius 3 is 2.61 bits per heavy atom. The zero-order valence-corrected chi connectivity index (χ0v) is 18.0. The van der Waals surface area contributed by atoms with Crippen molar-refractivity contribution >= 4 is 34.7 Å². The number of benzene rings is 1. The third-order valence-corrected chi connectivity index (χ3v) is 5.15. The monoisotopic (exact) mass is 443 g/mol. The average molecular weight is 444 g/mol. The smallest absolute Gasteiger partial charge is 0.270 e. The van der Waals surface area contributed by atoms with Crippen molar-refractivity contribution < 1.29 is 14.5 Å². The molecule has 162 valence electrons. The van der Waals surface area contributed by atoms with E-state index < -0.39 is 16.9 Å². The Labute approximate surface area is 183 Å². The van der Waals surface area contributed by atoms with E-state index in [0.29, 0.717) is 5.69 Å². The Bertz CT molecular complexity index is 1160. The molecular weight excluding hydrogens is 422 g/mol. The van der Waals surface area contributed by atoms with Crippen molar-refractivity contribution in [1.29, 1.82) is 0 Å². The van der Waals surface area contributed by atoms with Crippen molar-refractivity contribution in [3.05, 3.63) is 74.7 Å². The number of carbonyl (C=O) groups is 2. The van der Waals surface area contributed by atoms with Gasteiger partial charge in [-0.05, 0) is 31.0 Å². The van der Waals surface area contributed by atoms with E-state index in [1.807, 2.05) is 35.7 Å². The molecule has 10 heteroatoms. The molecule has 3 rings (SSSR count). The molecule has 2 aromatic heterocycles. The fourth-order valence-electron chi connectivity index (χ4n) is 3.13. The van der Waals surface area contributed by atoms with Crippen molar-refractivity contribution in [2.75, 3.05) is 0 Å². The van der Waals surface area contributed by atoms with Crippen LogP contribution in [0, 0.1) is 23.0 Å². The number of rotatable bonds is 7. The van der Waals surface area contributed by atoms with Gasteiger partial charge in [-0.1, -0.05) is 31.5 Å². The van der Waals surface area contributed by atoms with Crippen LogP contribution in [0.15, 0.2) is 42.6 Å². The number of aromatic nitrogens is 2. The fourth-order valence-corrected chi connectivity index (χ4v) is 3.39. The first kappa shape index (κ1) is 22.2. The third-order valence-electron chi connectivity index (χ3n) is 4.83. The molecule has 0 spiro atoms. The molecule has 3 aromatic rings. The molecule has 0 fully saturated rings. The number of nitro groups is 1. The molecule has 1 unspecified atom stereocenters. The van der Waals surface area contributed by atoms with Crippen molar-refractivity contribution in [1.82, 2.24) is 20.0 Å². The number of amides is 2. The summed E-state index contributed by atoms with van der Waals surface area (Å²) in [5.41, 5.74) is 2.33. The standard InChI is InChI=1S/C21H22ClN5O4/c1-12(2)19(25-20(28)16-8-7-15(27(30)31)9-17(16)22)21(29)23-10-14-11-26-13(3)5-4-6-18(26)24-14/h4-9,11-12,19H,10H2,1-3H3,(H,23,29)(H,25,28). The van der Waals surface area contributed by atoms with Crippen LogP contribution >= 0.6 is 11.6 Å². The number of non-ortho nitro benzene ring substituents is 1. The number of hydrogen-bond donors (Lipinski definition) is 2. The highest BCUT2D eigenvalue weighted by atomic mass is 35.5. The lowest BCUT2D eigenvalue weighted by molar-refractivity contribution is -0.384. The van der Waals surface area contributed by atoms with Gasteiger partial charge in [0.1, 0.15) is 11.7 Å². The minimum atomic E-state index is -0.822. The number of halogens is 1. The molecule has 2 N–H and O–H groups in total. The zero-order chi connectivity index (χ0) is 22.7. The number of carbonyl (C=O) groups excluding carboxylic acids is 2. The van der Waals surface area contributed by atoms with Crippen LogP contribution in [0.4, 0.5) is 5.69 Å². The minimum absolute atomic E-state index is 0.0570. The molecule has 2 heterocycles. The highest BCUT2D eigenvalue weighted by molar-refractivity contribution is 6.34. The van der Waals surface area contributed by atoms with Gasteiger partial charge in [0, 0.05) is 24.0 Å². The number of imidazole rings is 1. The summed E-state index contributed by atoms with van der Waals surface area (Å²) >= 11 is 6.03. The second-order valence-corrected chi connectivity index (χ2v) is 7.87. The van der Waals surface area contributed by atoms with Gasteiger partial charge in [-0.3, -0.25) is 19.7 Å². The highest BCUT2D eigenvalue weighted by Crippen LogP contribution is 2.22. The van der Waals surface area contributed by atoms with Crippen molar-refractivity contribution in [3.63, 3.8) is 0 Å². The molecule has 0 radical (unpaired) electrons. The first-order valence-corrected chi connectivity index (χ1v) is 10.0. The molecule has 1 atom stereocenters. The van der Waals surface area contributed by atoms with Crippen LogP contribution in [0.3, 0.4) is 0 Å². The van der Waals surface area contributed by atoms with Crippen LogP contribution in [0.1, 0.15) is 35.6 Å². The Kier molecular flexibility index (Phi) is 6.55. The van der Waals surface area contributed by atoms with Gasteiger partial charge in [-0.2, -0.15) is 0 Å². The molecule has 31 heavy (non-hydrogen) atoms. The molecule has 1 aromatic carbocycles. The number of pyridine rings is 1. The summed E-state index contributed by atoms with van der Waals surface area (Å²) in [5.74, 6) is -1.16. The molecule has 0 aliphatic heterocycles. The fraction of sp³-hybridized carbons (Fsp3) is 0.286. The summed E-state index contributed by atoms with van der Waals surface area (Å²) < 4.78 is 1.93. The quantitative estimate of drug-likeness (QED) is 0.429. The minimum Gasteiger partial charge on any atom is -0.349 e. The Hall–Kier alpha value is -3.46. The summed E-state index contributed by atoms with van der Waals surface area (Å²) in [4.78, 5) is 40.1. The van der Waals surface area contributed by atoms with Gasteiger partial charge in [0.15, 0.2) is 0 Å². The predicted molar refractivity (Wildman–Crippen MR) is 116 cm³/mol. The molecule has 2 amide bonds. The lowest BCUT2D eigenvalue weighted by Crippen LogP contribution is -2.49. The van der Waals surface area contributed by atoms with Crippen molar-refractivity contribution in [3.8, 4) is 0 Å². The molecule has 0 aliphatic carbocycles. The lowest BCUT2D eigenvalue weighted by atomic mass is 10.0. The van der Waals surface area contributed by atoms with E-state index in [1.165, 1.54) is 12.1 Å². The number of nitrogens with one attached hydrogen (secondary N) is 2. The van der Waals surface area contributed by atoms with E-state index in [-0.39, 0.29) is 34.6 Å². The average Bonchev–Trinajstić information content (AvgIpc) is 3.14. The van der Waals surface area contributed by atoms with Gasteiger partial charge < -0.3 is 15.0 Å². The number of aryl methyl sites for hydroxylation is 1. The van der Waals surface area contributed by atoms with E-state index in [2.05, 4.69) is 15.6 Å². The second kappa shape index (κ2) is 9.13. The molecule has 9 nitrogen and oxygen atoms in total. The SMILES string of the molecule is Cc1cccc2nc(CNC(=O)C(NC(=O)c3ccc([N+](=O)[O-])cc3Cl)C(C)C)cn12. The third kappa shape index (κ3) is 5.00. The Morgan fingerprint density at radius 2 is 2.00 bits per heavy atom. The van der Waals surface area contributed by atoms with Gasteiger partial charge in [-0.15, -0.1) is 0 Å². The summed E-state index contributed by atoms with van der Waals surface area (Å²) in [6.45, 7) is 5.77. The van der Waals surface area contributed by atoms with Crippen LogP contribution in [-0.4, -0.2) is 32.2 Å². The molecular formula is C21H22ClN5O4. The van der Waals surface area contributed by atoms with Crippen LogP contribution < -0.4 is 10.6 Å². The van der Waals surface area contributed by atoms with E-state index in [4.69, 9.17) is 11.6 Å². The van der Waals surface area contributed by atoms with E-state index in [0.717, 1.165) is 17.4 Å². The van der Waals surface area contributed by atoms with Crippen LogP contribution in [0.2, 0.25) is 5.02 Å². The topological polar surface area (TPSA) is 119 Å². The predicted octanol–water partition coefficient (Wildman–Crippen LogP) is 3.28. The largest absolute Gasteiger partial charge is 0.349 e. The number of fused-ring (bicyclic) bond motifs is 1. The maximum atomic E-state index is 12.8. The van der Waals surface area contributed by atoms with Gasteiger partial charge in [0.25, 0.3) is 11.6 Å². The van der Waals surface area contributed by atoms with Crippen LogP contribution in [0.5, 0.6) is 0 Å². The number of hydrogen-bond acceptors (Lipinski definition) is 5. The van der Waals surface area contributed by atoms with Crippen molar-refractivity contribution in [2.45, 2.75) is 33.4 Å². The van der Waals surface area contributed by atoms with Crippen LogP contribution in [0.25, 0.3) is 5.65 Å². The summed E-state index contributed by atoms with van der Waals surface area (Å²) in [6.07, 6.45) is 1.85. The first-order valence-electron chi connectivity index (χ1n) is 9.63. The highest BCUT2D eigenvalue weighted by Gasteiger charge is 2.26.